The van der Waals surface area contributed by atoms with Gasteiger partial charge in [0.05, 0.1) is 0 Å². The van der Waals surface area contributed by atoms with E-state index in [1.165, 1.54) is 47.5 Å². The van der Waals surface area contributed by atoms with Crippen molar-refractivity contribution in [1.82, 2.24) is 15.0 Å². The maximum absolute atomic E-state index is 5.23. The van der Waals surface area contributed by atoms with Gasteiger partial charge in [-0.25, -0.2) is 15.0 Å². The smallest absolute Gasteiger partial charge is 0.164 e. The zero-order chi connectivity index (χ0) is 32.3. The molecule has 0 bridgehead atoms. The highest BCUT2D eigenvalue weighted by Gasteiger charge is 2.19. The van der Waals surface area contributed by atoms with Crippen molar-refractivity contribution in [3.8, 4) is 45.3 Å². The highest BCUT2D eigenvalue weighted by atomic mass is 32.1. The number of nitrogens with zero attached hydrogens (tertiary/aromatic N) is 3. The van der Waals surface area contributed by atoms with Crippen molar-refractivity contribution in [2.45, 2.75) is 0 Å². The van der Waals surface area contributed by atoms with Gasteiger partial charge in [0.15, 0.2) is 17.5 Å². The van der Waals surface area contributed by atoms with E-state index in [-0.39, 0.29) is 0 Å². The number of benzene rings is 8. The summed E-state index contributed by atoms with van der Waals surface area (Å²) < 4.78 is 2.54. The van der Waals surface area contributed by atoms with E-state index in [1.54, 1.807) is 0 Å². The van der Waals surface area contributed by atoms with Gasteiger partial charge in [0, 0.05) is 42.2 Å². The molecule has 8 aromatic carbocycles. The molecule has 0 amide bonds. The van der Waals surface area contributed by atoms with Crippen LogP contribution in [0.1, 0.15) is 0 Å². The third-order valence-electron chi connectivity index (χ3n) is 9.50. The summed E-state index contributed by atoms with van der Waals surface area (Å²) in [6.07, 6.45) is 0. The minimum Gasteiger partial charge on any atom is -0.208 e. The zero-order valence-electron chi connectivity index (χ0n) is 26.3. The number of aromatic nitrogens is 3. The Morgan fingerprint density at radius 2 is 0.959 bits per heavy atom. The number of hydrogen-bond donors (Lipinski definition) is 0. The molecule has 4 heteroatoms. The van der Waals surface area contributed by atoms with Crippen molar-refractivity contribution in [2.24, 2.45) is 0 Å². The lowest BCUT2D eigenvalue weighted by Crippen LogP contribution is -2.01. The molecule has 0 aliphatic heterocycles. The molecule has 2 heterocycles. The molecular weight excluding hydrogens is 615 g/mol. The van der Waals surface area contributed by atoms with E-state index >= 15 is 0 Å². The Labute approximate surface area is 286 Å². The second-order valence-electron chi connectivity index (χ2n) is 12.4. The topological polar surface area (TPSA) is 38.7 Å². The number of rotatable bonds is 4. The van der Waals surface area contributed by atoms with Crippen LogP contribution in [-0.4, -0.2) is 15.0 Å². The predicted octanol–water partition coefficient (Wildman–Crippen LogP) is 12.4. The van der Waals surface area contributed by atoms with Crippen LogP contribution in [0.4, 0.5) is 0 Å². The number of fused-ring (bicyclic) bond motifs is 7. The SMILES string of the molecule is c1ccc(-c2nc(-c3cccc4ccccc34)nc(-c3cc4c5ccc(-c6ccc7ccccc7c6)cc5sc4c4ccccc34)n2)cc1. The lowest BCUT2D eigenvalue weighted by molar-refractivity contribution is 1.08. The highest BCUT2D eigenvalue weighted by Crippen LogP contribution is 2.44. The molecule has 0 aliphatic rings. The summed E-state index contributed by atoms with van der Waals surface area (Å²) in [4.78, 5) is 15.5. The van der Waals surface area contributed by atoms with Crippen LogP contribution < -0.4 is 0 Å². The lowest BCUT2D eigenvalue weighted by atomic mass is 9.98. The van der Waals surface area contributed by atoms with Crippen molar-refractivity contribution in [3.05, 3.63) is 164 Å². The molecule has 10 rings (SSSR count). The van der Waals surface area contributed by atoms with E-state index in [4.69, 9.17) is 15.0 Å². The fourth-order valence-electron chi connectivity index (χ4n) is 7.08. The molecule has 2 aromatic heterocycles. The first kappa shape index (κ1) is 27.8. The fraction of sp³-hybridized carbons (Fsp3) is 0. The van der Waals surface area contributed by atoms with E-state index in [0.29, 0.717) is 17.5 Å². The maximum atomic E-state index is 5.23. The Bertz CT molecular complexity index is 2890. The van der Waals surface area contributed by atoms with Crippen molar-refractivity contribution in [3.63, 3.8) is 0 Å². The first-order valence-electron chi connectivity index (χ1n) is 16.4. The second-order valence-corrected chi connectivity index (χ2v) is 13.5. The molecule has 49 heavy (non-hydrogen) atoms. The van der Waals surface area contributed by atoms with Gasteiger partial charge in [0.25, 0.3) is 0 Å². The van der Waals surface area contributed by atoms with Crippen LogP contribution in [0.25, 0.3) is 97.8 Å². The summed E-state index contributed by atoms with van der Waals surface area (Å²) in [5, 5.41) is 9.57. The first-order valence-corrected chi connectivity index (χ1v) is 17.3. The minimum atomic E-state index is 0.660. The Morgan fingerprint density at radius 1 is 0.327 bits per heavy atom. The van der Waals surface area contributed by atoms with E-state index in [0.717, 1.165) is 32.8 Å². The van der Waals surface area contributed by atoms with Crippen LogP contribution >= 0.6 is 11.3 Å². The molecule has 0 radical (unpaired) electrons. The van der Waals surface area contributed by atoms with Gasteiger partial charge in [-0.2, -0.15) is 0 Å². The minimum absolute atomic E-state index is 0.660. The standard InChI is InChI=1S/C45H27N3S/c1-2-13-30(14-3-1)43-46-44(38-20-10-16-29-12-6-7-17-34(29)38)48-45(47-43)40-27-39-36-24-23-33(32-22-21-28-11-4-5-15-31(28)25-32)26-41(36)49-42(39)37-19-9-8-18-35(37)40/h1-27H. The Morgan fingerprint density at radius 3 is 1.82 bits per heavy atom. The molecule has 0 spiro atoms. The van der Waals surface area contributed by atoms with Crippen molar-refractivity contribution < 1.29 is 0 Å². The van der Waals surface area contributed by atoms with Crippen LogP contribution in [0.5, 0.6) is 0 Å². The molecule has 0 atom stereocenters. The van der Waals surface area contributed by atoms with Gasteiger partial charge in [-0.05, 0) is 56.3 Å². The average Bonchev–Trinajstić information content (AvgIpc) is 3.55. The largest absolute Gasteiger partial charge is 0.208 e. The van der Waals surface area contributed by atoms with Crippen molar-refractivity contribution >= 4 is 63.8 Å². The molecule has 0 saturated carbocycles. The molecule has 0 fully saturated rings. The van der Waals surface area contributed by atoms with Gasteiger partial charge in [-0.3, -0.25) is 0 Å². The lowest BCUT2D eigenvalue weighted by Gasteiger charge is -2.12. The number of thiophene rings is 1. The Kier molecular flexibility index (Phi) is 6.36. The number of hydrogen-bond acceptors (Lipinski definition) is 4. The zero-order valence-corrected chi connectivity index (χ0v) is 27.2. The quantitative estimate of drug-likeness (QED) is 0.192. The normalized spacial score (nSPS) is 11.7. The summed E-state index contributed by atoms with van der Waals surface area (Å²) >= 11 is 1.86. The Hall–Kier alpha value is -6.23. The van der Waals surface area contributed by atoms with Gasteiger partial charge in [0.1, 0.15) is 0 Å². The van der Waals surface area contributed by atoms with Crippen molar-refractivity contribution in [2.75, 3.05) is 0 Å². The molecular formula is C45H27N3S. The van der Waals surface area contributed by atoms with Gasteiger partial charge >= 0.3 is 0 Å². The summed E-state index contributed by atoms with van der Waals surface area (Å²) in [6.45, 7) is 0. The first-order chi connectivity index (χ1) is 24.3. The van der Waals surface area contributed by atoms with E-state index in [9.17, 15) is 0 Å². The molecule has 0 saturated heterocycles. The summed E-state index contributed by atoms with van der Waals surface area (Å²) in [7, 11) is 0. The summed E-state index contributed by atoms with van der Waals surface area (Å²) in [6, 6.07) is 58.0. The molecule has 228 valence electrons. The average molecular weight is 642 g/mol. The molecule has 0 unspecified atom stereocenters. The van der Waals surface area contributed by atoms with Gasteiger partial charge in [-0.15, -0.1) is 11.3 Å². The predicted molar refractivity (Wildman–Crippen MR) is 207 cm³/mol. The summed E-state index contributed by atoms with van der Waals surface area (Å²) in [5.41, 5.74) is 5.40. The van der Waals surface area contributed by atoms with Gasteiger partial charge < -0.3 is 0 Å². The molecule has 0 aliphatic carbocycles. The second kappa shape index (κ2) is 11.2. The van der Waals surface area contributed by atoms with E-state index < -0.39 is 0 Å². The van der Waals surface area contributed by atoms with Gasteiger partial charge in [0.2, 0.25) is 0 Å². The third kappa shape index (κ3) is 4.68. The molecule has 3 nitrogen and oxygen atoms in total. The fourth-order valence-corrected chi connectivity index (χ4v) is 8.35. The van der Waals surface area contributed by atoms with Crippen LogP contribution in [0.15, 0.2) is 164 Å². The third-order valence-corrected chi connectivity index (χ3v) is 10.7. The van der Waals surface area contributed by atoms with Crippen LogP contribution in [0.2, 0.25) is 0 Å². The Balaban J connectivity index is 1.21. The molecule has 10 aromatic rings. The van der Waals surface area contributed by atoms with Crippen LogP contribution in [-0.2, 0) is 0 Å². The van der Waals surface area contributed by atoms with Crippen LogP contribution in [0.3, 0.4) is 0 Å². The monoisotopic (exact) mass is 641 g/mol. The molecule has 0 N–H and O–H groups in total. The maximum Gasteiger partial charge on any atom is 0.164 e. The highest BCUT2D eigenvalue weighted by molar-refractivity contribution is 7.26. The van der Waals surface area contributed by atoms with Crippen molar-refractivity contribution in [1.29, 1.82) is 0 Å². The van der Waals surface area contributed by atoms with Gasteiger partial charge in [-0.1, -0.05) is 146 Å². The van der Waals surface area contributed by atoms with E-state index in [2.05, 4.69) is 146 Å². The summed E-state index contributed by atoms with van der Waals surface area (Å²) in [5.74, 6) is 2.00. The van der Waals surface area contributed by atoms with Crippen LogP contribution in [0, 0.1) is 0 Å². The van der Waals surface area contributed by atoms with E-state index in [1.807, 2.05) is 29.5 Å².